The third-order valence-electron chi connectivity index (χ3n) is 8.11. The lowest BCUT2D eigenvalue weighted by atomic mass is 9.93. The van der Waals surface area contributed by atoms with Crippen LogP contribution in [0, 0.1) is 14.9 Å². The van der Waals surface area contributed by atoms with Crippen LogP contribution >= 0.6 is 33.9 Å². The number of nitriles is 1. The van der Waals surface area contributed by atoms with E-state index in [0.29, 0.717) is 60.3 Å². The fraction of sp³-hybridized carbons (Fsp3) is 0.179. The molecule has 0 saturated heterocycles. The molecule has 0 amide bonds. The van der Waals surface area contributed by atoms with E-state index in [4.69, 9.17) is 33.9 Å². The highest BCUT2D eigenvalue weighted by Gasteiger charge is 2.35. The van der Waals surface area contributed by atoms with Gasteiger partial charge >= 0.3 is 5.97 Å². The molecule has 0 spiro atoms. The largest absolute Gasteiger partial charge is 0.493 e. The zero-order valence-electron chi connectivity index (χ0n) is 28.1. The second-order valence-electron chi connectivity index (χ2n) is 11.2. The highest BCUT2D eigenvalue weighted by Crippen LogP contribution is 2.39. The Morgan fingerprint density at radius 2 is 1.69 bits per heavy atom. The van der Waals surface area contributed by atoms with E-state index in [0.717, 1.165) is 9.13 Å². The molecule has 1 aromatic heterocycles. The third-order valence-corrected chi connectivity index (χ3v) is 9.90. The van der Waals surface area contributed by atoms with Gasteiger partial charge in [-0.05, 0) is 88.7 Å². The Morgan fingerprint density at radius 3 is 2.35 bits per heavy atom. The first-order chi connectivity index (χ1) is 24.8. The summed E-state index contributed by atoms with van der Waals surface area (Å²) < 4.78 is 31.2. The summed E-state index contributed by atoms with van der Waals surface area (Å²) in [6.45, 7) is 2.15. The van der Waals surface area contributed by atoms with Crippen molar-refractivity contribution in [3.05, 3.63) is 142 Å². The highest BCUT2D eigenvalue weighted by atomic mass is 127. The number of carbonyl (C=O) groups excluding carboxylic acids is 1. The summed E-state index contributed by atoms with van der Waals surface area (Å²) in [4.78, 5) is 33.6. The Balaban J connectivity index is 1.50. The van der Waals surface area contributed by atoms with Crippen molar-refractivity contribution in [3.8, 4) is 29.1 Å². The topological polar surface area (TPSA) is 121 Å². The van der Waals surface area contributed by atoms with Crippen molar-refractivity contribution in [3.63, 3.8) is 0 Å². The number of ether oxygens (including phenoxy) is 5. The molecule has 2 heterocycles. The predicted molar refractivity (Wildman–Crippen MR) is 202 cm³/mol. The van der Waals surface area contributed by atoms with Crippen LogP contribution in [-0.2, 0) is 16.1 Å². The van der Waals surface area contributed by atoms with Crippen molar-refractivity contribution in [2.75, 3.05) is 27.9 Å². The zero-order chi connectivity index (χ0) is 36.1. The number of fused-ring (bicyclic) bond motifs is 1. The predicted octanol–water partition coefficient (Wildman–Crippen LogP) is 6.02. The lowest BCUT2D eigenvalue weighted by Crippen LogP contribution is -2.40. The van der Waals surface area contributed by atoms with E-state index in [1.807, 2.05) is 48.5 Å². The number of methoxy groups -OCH3 is 3. The van der Waals surface area contributed by atoms with Crippen LogP contribution in [0.5, 0.6) is 23.0 Å². The van der Waals surface area contributed by atoms with E-state index in [2.05, 4.69) is 28.7 Å². The van der Waals surface area contributed by atoms with Gasteiger partial charge in [-0.3, -0.25) is 9.36 Å². The molecule has 51 heavy (non-hydrogen) atoms. The van der Waals surface area contributed by atoms with Crippen LogP contribution in [-0.4, -0.2) is 38.5 Å². The molecule has 4 aromatic carbocycles. The molecule has 1 aliphatic heterocycles. The maximum Gasteiger partial charge on any atom is 0.338 e. The van der Waals surface area contributed by atoms with Gasteiger partial charge in [0.1, 0.15) is 6.61 Å². The van der Waals surface area contributed by atoms with Crippen LogP contribution in [0.1, 0.15) is 40.8 Å². The van der Waals surface area contributed by atoms with E-state index >= 15 is 0 Å². The molecule has 0 N–H and O–H groups in total. The van der Waals surface area contributed by atoms with Gasteiger partial charge < -0.3 is 23.7 Å². The average molecular weight is 814 g/mol. The summed E-state index contributed by atoms with van der Waals surface area (Å²) in [5.41, 5.74) is 3.83. The molecular weight excluding hydrogens is 781 g/mol. The monoisotopic (exact) mass is 813 g/mol. The number of thiazole rings is 1. The quantitative estimate of drug-likeness (QED) is 0.117. The second-order valence-corrected chi connectivity index (χ2v) is 13.3. The third kappa shape index (κ3) is 7.26. The van der Waals surface area contributed by atoms with Crippen molar-refractivity contribution in [2.24, 2.45) is 4.99 Å². The summed E-state index contributed by atoms with van der Waals surface area (Å²) in [6, 6.07) is 26.8. The molecule has 0 fully saturated rings. The van der Waals surface area contributed by atoms with Gasteiger partial charge in [-0.15, -0.1) is 0 Å². The van der Waals surface area contributed by atoms with E-state index in [-0.39, 0.29) is 24.3 Å². The molecule has 12 heteroatoms. The van der Waals surface area contributed by atoms with Crippen LogP contribution in [0.2, 0.25) is 0 Å². The number of carbonyl (C=O) groups is 1. The minimum Gasteiger partial charge on any atom is -0.493 e. The lowest BCUT2D eigenvalue weighted by molar-refractivity contribution is -0.138. The summed E-state index contributed by atoms with van der Waals surface area (Å²) in [6.07, 6.45) is 1.78. The summed E-state index contributed by atoms with van der Waals surface area (Å²) in [5.74, 6) is 1.42. The van der Waals surface area contributed by atoms with Crippen molar-refractivity contribution in [1.82, 2.24) is 4.57 Å². The minimum atomic E-state index is -0.884. The maximum absolute atomic E-state index is 14.4. The number of hydrogen-bond donors (Lipinski definition) is 0. The zero-order valence-corrected chi connectivity index (χ0v) is 31.1. The Bertz CT molecular complexity index is 2360. The summed E-state index contributed by atoms with van der Waals surface area (Å²) in [7, 11) is 4.63. The van der Waals surface area contributed by atoms with Crippen molar-refractivity contribution in [1.29, 1.82) is 5.26 Å². The number of aromatic nitrogens is 1. The molecule has 1 atom stereocenters. The first-order valence-corrected chi connectivity index (χ1v) is 17.7. The van der Waals surface area contributed by atoms with Crippen molar-refractivity contribution in [2.45, 2.75) is 19.6 Å². The lowest BCUT2D eigenvalue weighted by Gasteiger charge is -2.26. The number of nitrogens with zero attached hydrogens (tertiary/aromatic N) is 3. The van der Waals surface area contributed by atoms with Gasteiger partial charge in [0.05, 0.1) is 65.0 Å². The van der Waals surface area contributed by atoms with E-state index in [1.54, 1.807) is 63.6 Å². The van der Waals surface area contributed by atoms with Crippen LogP contribution < -0.4 is 33.8 Å². The van der Waals surface area contributed by atoms with Crippen LogP contribution in [0.25, 0.3) is 11.8 Å². The standard InChI is InChI=1S/C39H32IN3O7S/c1-5-49-38(45)33-34(26-9-7-6-8-10-26)42-39-43(35(33)27-15-16-29(46-2)30(20-27)47-3)37(44)32(51-39)19-25-17-28(40)36(31(18-25)48-4)50-22-24-13-11-23(21-41)12-14-24/h6-20,35H,5,22H2,1-4H3/b32-19-/t35-/m0/s1. The minimum absolute atomic E-state index is 0.140. The molecule has 0 unspecified atom stereocenters. The average Bonchev–Trinajstić information content (AvgIpc) is 3.47. The molecule has 10 nitrogen and oxygen atoms in total. The van der Waals surface area contributed by atoms with Crippen LogP contribution in [0.3, 0.4) is 0 Å². The van der Waals surface area contributed by atoms with Crippen LogP contribution in [0.15, 0.2) is 100 Å². The van der Waals surface area contributed by atoms with E-state index in [9.17, 15) is 9.59 Å². The summed E-state index contributed by atoms with van der Waals surface area (Å²) in [5, 5.41) is 9.10. The number of hydrogen-bond acceptors (Lipinski definition) is 10. The van der Waals surface area contributed by atoms with Crippen LogP contribution in [0.4, 0.5) is 0 Å². The maximum atomic E-state index is 14.4. The number of rotatable bonds is 11. The Labute approximate surface area is 311 Å². The Morgan fingerprint density at radius 1 is 0.961 bits per heavy atom. The molecule has 0 saturated carbocycles. The van der Waals surface area contributed by atoms with Gasteiger partial charge in [-0.25, -0.2) is 9.79 Å². The van der Waals surface area contributed by atoms with Gasteiger partial charge in [0.25, 0.3) is 5.56 Å². The Kier molecular flexibility index (Phi) is 10.9. The van der Waals surface area contributed by atoms with Gasteiger partial charge in [0, 0.05) is 5.56 Å². The number of halogens is 1. The molecule has 0 bridgehead atoms. The molecular formula is C39H32IN3O7S. The smallest absolute Gasteiger partial charge is 0.338 e. The van der Waals surface area contributed by atoms with Gasteiger partial charge in [-0.2, -0.15) is 5.26 Å². The number of benzene rings is 4. The highest BCUT2D eigenvalue weighted by molar-refractivity contribution is 14.1. The fourth-order valence-corrected chi connectivity index (χ4v) is 7.51. The normalized spacial score (nSPS) is 13.9. The number of esters is 1. The molecule has 0 radical (unpaired) electrons. The van der Waals surface area contributed by atoms with Crippen molar-refractivity contribution < 1.29 is 28.5 Å². The first-order valence-electron chi connectivity index (χ1n) is 15.8. The summed E-state index contributed by atoms with van der Waals surface area (Å²) >= 11 is 3.40. The molecule has 5 aromatic rings. The second kappa shape index (κ2) is 15.7. The van der Waals surface area contributed by atoms with E-state index < -0.39 is 12.0 Å². The first kappa shape index (κ1) is 35.4. The van der Waals surface area contributed by atoms with Gasteiger partial charge in [-0.1, -0.05) is 59.9 Å². The molecule has 258 valence electrons. The Hall–Kier alpha value is -5.39. The fourth-order valence-electron chi connectivity index (χ4n) is 5.72. The molecule has 6 rings (SSSR count). The van der Waals surface area contributed by atoms with Crippen molar-refractivity contribution >= 4 is 51.7 Å². The molecule has 0 aliphatic carbocycles. The SMILES string of the molecule is CCOC(=O)C1=C(c2ccccc2)N=c2s/c(=C\c3cc(I)c(OCc4ccc(C#N)cc4)c(OC)c3)c(=O)n2[C@H]1c1ccc(OC)c(OC)c1. The van der Waals surface area contributed by atoms with E-state index in [1.165, 1.54) is 23.0 Å². The molecule has 1 aliphatic rings. The van der Waals surface area contributed by atoms with Gasteiger partial charge in [0.2, 0.25) is 0 Å². The van der Waals surface area contributed by atoms with Gasteiger partial charge in [0.15, 0.2) is 27.8 Å².